The first kappa shape index (κ1) is 22.2. The molecule has 3 rings (SSSR count). The minimum absolute atomic E-state index is 0.271. The number of hydrogen-bond donors (Lipinski definition) is 1. The molecule has 2 aromatic carbocycles. The van der Waals surface area contributed by atoms with Crippen molar-refractivity contribution in [1.29, 1.82) is 0 Å². The molecule has 1 aliphatic carbocycles. The molecule has 1 aliphatic rings. The number of benzene rings is 2. The maximum Gasteiger partial charge on any atom is 0.247 e. The number of aryl methyl sites for hydroxylation is 1. The second-order valence-electron chi connectivity index (χ2n) is 7.79. The van der Waals surface area contributed by atoms with Crippen LogP contribution in [0.15, 0.2) is 48.5 Å². The van der Waals surface area contributed by atoms with Gasteiger partial charge in [0.15, 0.2) is 0 Å². The van der Waals surface area contributed by atoms with Gasteiger partial charge in [-0.25, -0.2) is 8.42 Å². The van der Waals surface area contributed by atoms with E-state index in [4.69, 9.17) is 4.74 Å². The highest BCUT2D eigenvalue weighted by Gasteiger charge is 2.29. The number of rotatable bonds is 8. The second-order valence-corrected chi connectivity index (χ2v) is 9.65. The van der Waals surface area contributed by atoms with Gasteiger partial charge in [-0.1, -0.05) is 19.1 Å². The number of anilines is 2. The van der Waals surface area contributed by atoms with Crippen molar-refractivity contribution in [1.82, 2.24) is 0 Å². The van der Waals surface area contributed by atoms with Crippen LogP contribution in [0.2, 0.25) is 0 Å². The highest BCUT2D eigenvalue weighted by atomic mass is 32.2. The standard InChI is InChI=1S/C23H30N2O4S/c1-4-18-9-13-20(14-10-18)25(30(3,27)28)17(2)23(26)24-19-11-15-22(16-12-19)29-21-7-5-6-8-21/h9-17,21H,4-8H2,1-3H3,(H,24,26). The molecule has 0 spiro atoms. The van der Waals surface area contributed by atoms with Crippen molar-refractivity contribution in [3.63, 3.8) is 0 Å². The van der Waals surface area contributed by atoms with Crippen LogP contribution in [-0.2, 0) is 21.2 Å². The Hall–Kier alpha value is -2.54. The van der Waals surface area contributed by atoms with Crippen molar-refractivity contribution >= 4 is 27.3 Å². The monoisotopic (exact) mass is 430 g/mol. The highest BCUT2D eigenvalue weighted by molar-refractivity contribution is 7.92. The molecular formula is C23H30N2O4S. The lowest BCUT2D eigenvalue weighted by atomic mass is 10.1. The van der Waals surface area contributed by atoms with Gasteiger partial charge in [0.1, 0.15) is 11.8 Å². The normalized spacial score (nSPS) is 15.6. The molecule has 0 radical (unpaired) electrons. The van der Waals surface area contributed by atoms with Gasteiger partial charge < -0.3 is 10.1 Å². The summed E-state index contributed by atoms with van der Waals surface area (Å²) in [5.41, 5.74) is 2.17. The first-order valence-electron chi connectivity index (χ1n) is 10.4. The average Bonchev–Trinajstić information content (AvgIpc) is 3.22. The summed E-state index contributed by atoms with van der Waals surface area (Å²) in [5, 5.41) is 2.81. The van der Waals surface area contributed by atoms with Gasteiger partial charge in [-0.15, -0.1) is 0 Å². The van der Waals surface area contributed by atoms with E-state index in [1.54, 1.807) is 31.2 Å². The third-order valence-electron chi connectivity index (χ3n) is 5.41. The van der Waals surface area contributed by atoms with Crippen LogP contribution in [0.1, 0.15) is 45.1 Å². The predicted molar refractivity (Wildman–Crippen MR) is 121 cm³/mol. The molecule has 7 heteroatoms. The number of sulfonamides is 1. The van der Waals surface area contributed by atoms with Gasteiger partial charge >= 0.3 is 0 Å². The molecule has 1 fully saturated rings. The van der Waals surface area contributed by atoms with E-state index < -0.39 is 22.0 Å². The number of amides is 1. The lowest BCUT2D eigenvalue weighted by Gasteiger charge is -2.28. The molecule has 30 heavy (non-hydrogen) atoms. The van der Waals surface area contributed by atoms with Crippen LogP contribution in [0.3, 0.4) is 0 Å². The van der Waals surface area contributed by atoms with E-state index in [2.05, 4.69) is 5.32 Å². The van der Waals surface area contributed by atoms with Crippen molar-refractivity contribution in [2.75, 3.05) is 15.9 Å². The molecule has 1 unspecified atom stereocenters. The fraction of sp³-hybridized carbons (Fsp3) is 0.435. The largest absolute Gasteiger partial charge is 0.490 e. The molecule has 0 bridgehead atoms. The van der Waals surface area contributed by atoms with E-state index in [0.29, 0.717) is 11.4 Å². The van der Waals surface area contributed by atoms with Gasteiger partial charge in [-0.2, -0.15) is 0 Å². The maximum absolute atomic E-state index is 12.8. The van der Waals surface area contributed by atoms with E-state index in [9.17, 15) is 13.2 Å². The van der Waals surface area contributed by atoms with Crippen molar-refractivity contribution < 1.29 is 17.9 Å². The third kappa shape index (κ3) is 5.53. The zero-order chi connectivity index (χ0) is 21.7. The Morgan fingerprint density at radius 1 is 1.10 bits per heavy atom. The Labute approximate surface area is 179 Å². The van der Waals surface area contributed by atoms with Crippen molar-refractivity contribution in [2.24, 2.45) is 0 Å². The minimum Gasteiger partial charge on any atom is -0.490 e. The van der Waals surface area contributed by atoms with Crippen molar-refractivity contribution in [3.05, 3.63) is 54.1 Å². The Bertz CT molecular complexity index is 950. The van der Waals surface area contributed by atoms with Gasteiger partial charge in [-0.05, 0) is 81.0 Å². The molecule has 0 saturated heterocycles. The average molecular weight is 431 g/mol. The van der Waals surface area contributed by atoms with Crippen LogP contribution < -0.4 is 14.4 Å². The van der Waals surface area contributed by atoms with Gasteiger partial charge in [0.05, 0.1) is 18.0 Å². The number of hydrogen-bond acceptors (Lipinski definition) is 4. The van der Waals surface area contributed by atoms with Gasteiger partial charge in [0.25, 0.3) is 0 Å². The molecule has 162 valence electrons. The van der Waals surface area contributed by atoms with Crippen LogP contribution in [0.5, 0.6) is 5.75 Å². The molecule has 1 amide bonds. The molecule has 1 N–H and O–H groups in total. The minimum atomic E-state index is -3.64. The number of nitrogens with zero attached hydrogens (tertiary/aromatic N) is 1. The van der Waals surface area contributed by atoms with Crippen molar-refractivity contribution in [2.45, 2.75) is 58.1 Å². The summed E-state index contributed by atoms with van der Waals surface area (Å²) >= 11 is 0. The van der Waals surface area contributed by atoms with Gasteiger partial charge in [0.2, 0.25) is 15.9 Å². The molecule has 0 aromatic heterocycles. The molecule has 2 aromatic rings. The Balaban J connectivity index is 1.70. The highest BCUT2D eigenvalue weighted by Crippen LogP contribution is 2.26. The van der Waals surface area contributed by atoms with Crippen molar-refractivity contribution in [3.8, 4) is 5.75 Å². The fourth-order valence-electron chi connectivity index (χ4n) is 3.75. The van der Waals surface area contributed by atoms with Crippen LogP contribution in [0.25, 0.3) is 0 Å². The van der Waals surface area contributed by atoms with Crippen LogP contribution in [0.4, 0.5) is 11.4 Å². The Kier molecular flexibility index (Phi) is 7.02. The topological polar surface area (TPSA) is 75.7 Å². The predicted octanol–water partition coefficient (Wildman–Crippen LogP) is 4.36. The van der Waals surface area contributed by atoms with Crippen LogP contribution >= 0.6 is 0 Å². The first-order chi connectivity index (χ1) is 14.3. The summed E-state index contributed by atoms with van der Waals surface area (Å²) in [5.74, 6) is 0.381. The lowest BCUT2D eigenvalue weighted by molar-refractivity contribution is -0.116. The Morgan fingerprint density at radius 3 is 2.23 bits per heavy atom. The molecule has 6 nitrogen and oxygen atoms in total. The number of ether oxygens (including phenoxy) is 1. The first-order valence-corrected chi connectivity index (χ1v) is 12.3. The quantitative estimate of drug-likeness (QED) is 0.675. The number of carbonyl (C=O) groups excluding carboxylic acids is 1. The zero-order valence-electron chi connectivity index (χ0n) is 17.8. The van der Waals surface area contributed by atoms with E-state index >= 15 is 0 Å². The van der Waals surface area contributed by atoms with E-state index in [1.807, 2.05) is 31.2 Å². The van der Waals surface area contributed by atoms with E-state index in [1.165, 1.54) is 12.8 Å². The van der Waals surface area contributed by atoms with E-state index in [-0.39, 0.29) is 6.10 Å². The summed E-state index contributed by atoms with van der Waals surface area (Å²) in [6.45, 7) is 3.62. The maximum atomic E-state index is 12.8. The summed E-state index contributed by atoms with van der Waals surface area (Å²) in [6, 6.07) is 13.5. The fourth-order valence-corrected chi connectivity index (χ4v) is 4.92. The molecule has 1 atom stereocenters. The number of carbonyl (C=O) groups is 1. The van der Waals surface area contributed by atoms with Crippen LogP contribution in [0, 0.1) is 0 Å². The third-order valence-corrected chi connectivity index (χ3v) is 6.66. The summed E-state index contributed by atoms with van der Waals surface area (Å²) in [6.07, 6.45) is 6.80. The second kappa shape index (κ2) is 9.51. The summed E-state index contributed by atoms with van der Waals surface area (Å²) in [4.78, 5) is 12.8. The van der Waals surface area contributed by atoms with Gasteiger partial charge in [-0.3, -0.25) is 9.10 Å². The van der Waals surface area contributed by atoms with Gasteiger partial charge in [0, 0.05) is 5.69 Å². The number of nitrogens with one attached hydrogen (secondary N) is 1. The molecular weight excluding hydrogens is 400 g/mol. The summed E-state index contributed by atoms with van der Waals surface area (Å²) in [7, 11) is -3.64. The molecule has 0 aliphatic heterocycles. The van der Waals surface area contributed by atoms with E-state index in [0.717, 1.165) is 41.1 Å². The molecule has 1 saturated carbocycles. The van der Waals surface area contributed by atoms with Crippen LogP contribution in [-0.4, -0.2) is 32.7 Å². The molecule has 0 heterocycles. The lowest BCUT2D eigenvalue weighted by Crippen LogP contribution is -2.45. The SMILES string of the molecule is CCc1ccc(N(C(C)C(=O)Nc2ccc(OC3CCCC3)cc2)S(C)(=O)=O)cc1. The summed E-state index contributed by atoms with van der Waals surface area (Å²) < 4.78 is 31.9. The Morgan fingerprint density at radius 2 is 1.70 bits per heavy atom. The zero-order valence-corrected chi connectivity index (χ0v) is 18.6. The smallest absolute Gasteiger partial charge is 0.247 e.